The zero-order chi connectivity index (χ0) is 19.6. The summed E-state index contributed by atoms with van der Waals surface area (Å²) in [6.45, 7) is 10.2. The van der Waals surface area contributed by atoms with Gasteiger partial charge in [0.25, 0.3) is 5.56 Å². The number of thioether (sulfide) groups is 1. The number of hydrogen-bond donors (Lipinski definition) is 0. The molecule has 0 unspecified atom stereocenters. The lowest BCUT2D eigenvalue weighted by atomic mass is 10.2. The number of likely N-dealkylation sites (N-methyl/N-ethyl adjacent to an activating group) is 1. The summed E-state index contributed by atoms with van der Waals surface area (Å²) in [6.07, 6.45) is 1.94. The van der Waals surface area contributed by atoms with Crippen molar-refractivity contribution >= 4 is 39.2 Å². The zero-order valence-corrected chi connectivity index (χ0v) is 18.2. The minimum Gasteiger partial charge on any atom is -0.339 e. The average Bonchev–Trinajstić information content (AvgIpc) is 2.93. The van der Waals surface area contributed by atoms with Crippen molar-refractivity contribution in [3.63, 3.8) is 0 Å². The second kappa shape index (κ2) is 8.75. The minimum absolute atomic E-state index is 0.0323. The van der Waals surface area contributed by atoms with Crippen molar-refractivity contribution in [1.82, 2.24) is 19.4 Å². The van der Waals surface area contributed by atoms with Crippen LogP contribution in [0.15, 0.2) is 9.95 Å². The van der Waals surface area contributed by atoms with Crippen LogP contribution in [0.3, 0.4) is 0 Å². The lowest BCUT2D eigenvalue weighted by Gasteiger charge is -2.32. The van der Waals surface area contributed by atoms with Crippen molar-refractivity contribution < 1.29 is 4.79 Å². The van der Waals surface area contributed by atoms with E-state index in [-0.39, 0.29) is 11.5 Å². The Morgan fingerprint density at radius 2 is 1.93 bits per heavy atom. The van der Waals surface area contributed by atoms with Gasteiger partial charge < -0.3 is 9.80 Å². The Labute approximate surface area is 168 Å². The zero-order valence-electron chi connectivity index (χ0n) is 16.6. The normalized spacial score (nSPS) is 15.6. The van der Waals surface area contributed by atoms with Crippen molar-refractivity contribution in [2.24, 2.45) is 0 Å². The second-order valence-electron chi connectivity index (χ2n) is 7.14. The van der Waals surface area contributed by atoms with Crippen molar-refractivity contribution in [3.8, 4) is 0 Å². The summed E-state index contributed by atoms with van der Waals surface area (Å²) < 4.78 is 1.77. The van der Waals surface area contributed by atoms with Gasteiger partial charge in [0.2, 0.25) is 5.91 Å². The fourth-order valence-corrected chi connectivity index (χ4v) is 5.20. The van der Waals surface area contributed by atoms with Crippen LogP contribution in [0.25, 0.3) is 10.2 Å². The number of carbonyl (C=O) groups excluding carboxylic acids is 1. The molecule has 27 heavy (non-hydrogen) atoms. The van der Waals surface area contributed by atoms with E-state index < -0.39 is 0 Å². The maximum Gasteiger partial charge on any atom is 0.263 e. The molecule has 1 saturated heterocycles. The summed E-state index contributed by atoms with van der Waals surface area (Å²) in [5.41, 5.74) is 1.06. The molecule has 1 amide bonds. The molecule has 148 valence electrons. The summed E-state index contributed by atoms with van der Waals surface area (Å²) in [4.78, 5) is 36.5. The second-order valence-corrected chi connectivity index (χ2v) is 9.29. The predicted molar refractivity (Wildman–Crippen MR) is 113 cm³/mol. The van der Waals surface area contributed by atoms with E-state index in [0.717, 1.165) is 59.7 Å². The summed E-state index contributed by atoms with van der Waals surface area (Å²) in [6, 6.07) is 0. The lowest BCUT2D eigenvalue weighted by Crippen LogP contribution is -2.47. The molecule has 1 fully saturated rings. The first kappa shape index (κ1) is 20.4. The quantitative estimate of drug-likeness (QED) is 0.543. The number of rotatable bonds is 6. The third-order valence-corrected chi connectivity index (χ3v) is 7.23. The number of nitrogens with zero attached hydrogens (tertiary/aromatic N) is 4. The van der Waals surface area contributed by atoms with E-state index in [1.165, 1.54) is 11.8 Å². The molecule has 3 rings (SSSR count). The monoisotopic (exact) mass is 408 g/mol. The topological polar surface area (TPSA) is 58.4 Å². The first-order chi connectivity index (χ1) is 12.9. The van der Waals surface area contributed by atoms with Gasteiger partial charge >= 0.3 is 0 Å². The molecule has 6 nitrogen and oxygen atoms in total. The van der Waals surface area contributed by atoms with E-state index in [0.29, 0.717) is 17.5 Å². The number of unbranched alkanes of at least 4 members (excludes halogenated alkanes) is 1. The molecule has 0 aliphatic carbocycles. The summed E-state index contributed by atoms with van der Waals surface area (Å²) in [7, 11) is 2.08. The number of thiophene rings is 1. The maximum atomic E-state index is 13.1. The lowest BCUT2D eigenvalue weighted by molar-refractivity contribution is -0.129. The van der Waals surface area contributed by atoms with Gasteiger partial charge in [-0.25, -0.2) is 4.98 Å². The molecule has 1 aliphatic rings. The van der Waals surface area contributed by atoms with Crippen LogP contribution in [-0.2, 0) is 11.3 Å². The fraction of sp³-hybridized carbons (Fsp3) is 0.632. The molecule has 0 spiro atoms. The van der Waals surface area contributed by atoms with E-state index >= 15 is 0 Å². The van der Waals surface area contributed by atoms with Gasteiger partial charge in [-0.3, -0.25) is 14.2 Å². The van der Waals surface area contributed by atoms with Crippen molar-refractivity contribution in [1.29, 1.82) is 0 Å². The van der Waals surface area contributed by atoms with Gasteiger partial charge in [-0.15, -0.1) is 11.3 Å². The molecule has 2 aromatic heterocycles. The van der Waals surface area contributed by atoms with Gasteiger partial charge in [0.05, 0.1) is 11.1 Å². The Kier molecular flexibility index (Phi) is 6.60. The highest BCUT2D eigenvalue weighted by atomic mass is 32.2. The van der Waals surface area contributed by atoms with Crippen LogP contribution < -0.4 is 5.56 Å². The highest BCUT2D eigenvalue weighted by Crippen LogP contribution is 2.28. The fourth-order valence-electron chi connectivity index (χ4n) is 3.21. The average molecular weight is 409 g/mol. The highest BCUT2D eigenvalue weighted by molar-refractivity contribution is 7.99. The van der Waals surface area contributed by atoms with Crippen molar-refractivity contribution in [2.75, 3.05) is 39.0 Å². The van der Waals surface area contributed by atoms with Crippen LogP contribution in [0.2, 0.25) is 0 Å². The molecule has 0 radical (unpaired) electrons. The van der Waals surface area contributed by atoms with Crippen LogP contribution in [0.5, 0.6) is 0 Å². The molecule has 0 N–H and O–H groups in total. The van der Waals surface area contributed by atoms with Gasteiger partial charge in [0.1, 0.15) is 4.83 Å². The van der Waals surface area contributed by atoms with Crippen LogP contribution >= 0.6 is 23.1 Å². The Hall–Kier alpha value is -1.38. The van der Waals surface area contributed by atoms with E-state index in [2.05, 4.69) is 18.9 Å². The molecule has 0 atom stereocenters. The predicted octanol–water partition coefficient (Wildman–Crippen LogP) is 2.74. The van der Waals surface area contributed by atoms with Crippen LogP contribution in [0, 0.1) is 13.8 Å². The molecule has 0 aromatic carbocycles. The number of fused-ring (bicyclic) bond motifs is 1. The molecule has 3 heterocycles. The third kappa shape index (κ3) is 4.38. The molecule has 8 heteroatoms. The van der Waals surface area contributed by atoms with Crippen molar-refractivity contribution in [2.45, 2.75) is 45.3 Å². The maximum absolute atomic E-state index is 13.1. The van der Waals surface area contributed by atoms with Crippen molar-refractivity contribution in [3.05, 3.63) is 20.8 Å². The highest BCUT2D eigenvalue weighted by Gasteiger charge is 2.21. The van der Waals surface area contributed by atoms with Crippen LogP contribution in [0.1, 0.15) is 30.2 Å². The van der Waals surface area contributed by atoms with E-state index in [4.69, 9.17) is 4.98 Å². The number of carbonyl (C=O) groups is 1. The van der Waals surface area contributed by atoms with E-state index in [9.17, 15) is 9.59 Å². The van der Waals surface area contributed by atoms with E-state index in [1.54, 1.807) is 15.9 Å². The van der Waals surface area contributed by atoms with Gasteiger partial charge in [-0.2, -0.15) is 0 Å². The first-order valence-corrected chi connectivity index (χ1v) is 11.3. The van der Waals surface area contributed by atoms with Gasteiger partial charge in [0, 0.05) is 37.6 Å². The Morgan fingerprint density at radius 1 is 1.22 bits per heavy atom. The summed E-state index contributed by atoms with van der Waals surface area (Å²) in [5.74, 6) is 0.458. The number of amides is 1. The number of hydrogen-bond acceptors (Lipinski definition) is 6. The van der Waals surface area contributed by atoms with Crippen LogP contribution in [0.4, 0.5) is 0 Å². The number of aromatic nitrogens is 2. The summed E-state index contributed by atoms with van der Waals surface area (Å²) >= 11 is 2.96. The largest absolute Gasteiger partial charge is 0.339 e. The van der Waals surface area contributed by atoms with Gasteiger partial charge in [0.15, 0.2) is 5.16 Å². The number of aryl methyl sites for hydroxylation is 2. The van der Waals surface area contributed by atoms with Gasteiger partial charge in [-0.1, -0.05) is 25.1 Å². The Bertz CT molecular complexity index is 882. The first-order valence-electron chi connectivity index (χ1n) is 9.52. The third-order valence-electron chi connectivity index (χ3n) is 5.17. The molecule has 0 bridgehead atoms. The summed E-state index contributed by atoms with van der Waals surface area (Å²) in [5, 5.41) is 1.41. The Morgan fingerprint density at radius 3 is 2.59 bits per heavy atom. The van der Waals surface area contributed by atoms with Gasteiger partial charge in [-0.05, 0) is 32.9 Å². The van der Waals surface area contributed by atoms with Crippen LogP contribution in [-0.4, -0.2) is 64.2 Å². The standard InChI is InChI=1S/C19H28N4O2S2/c1-5-6-7-23-18(25)16-13(2)14(3)27-17(16)20-19(23)26-12-15(24)22-10-8-21(4)9-11-22/h5-12H2,1-4H3. The SMILES string of the molecule is CCCCn1c(SCC(=O)N2CCN(C)CC2)nc2sc(C)c(C)c2c1=O. The molecule has 0 saturated carbocycles. The Balaban J connectivity index is 1.84. The van der Waals surface area contributed by atoms with E-state index in [1.807, 2.05) is 18.7 Å². The molecular formula is C19H28N4O2S2. The minimum atomic E-state index is 0.0323. The number of piperazine rings is 1. The molecule has 2 aromatic rings. The smallest absolute Gasteiger partial charge is 0.263 e. The molecule has 1 aliphatic heterocycles. The molecular weight excluding hydrogens is 380 g/mol.